The summed E-state index contributed by atoms with van der Waals surface area (Å²) < 4.78 is 0. The fraction of sp³-hybridized carbons (Fsp3) is 0.278. The summed E-state index contributed by atoms with van der Waals surface area (Å²) in [5.74, 6) is 0.0705. The molecule has 8 heteroatoms. The molecule has 0 saturated carbocycles. The fourth-order valence-corrected chi connectivity index (χ4v) is 2.63. The van der Waals surface area contributed by atoms with Gasteiger partial charge in [0, 0.05) is 31.1 Å². The lowest BCUT2D eigenvalue weighted by Gasteiger charge is -2.08. The van der Waals surface area contributed by atoms with Crippen LogP contribution in [0.25, 0.3) is 11.3 Å². The molecule has 0 spiro atoms. The van der Waals surface area contributed by atoms with E-state index in [1.54, 1.807) is 6.20 Å². The van der Waals surface area contributed by atoms with Gasteiger partial charge in [-0.15, -0.1) is 0 Å². The summed E-state index contributed by atoms with van der Waals surface area (Å²) in [5, 5.41) is 7.38. The largest absolute Gasteiger partial charge is 0.356 e. The Balaban J connectivity index is 1.44. The second kappa shape index (κ2) is 8.19. The molecule has 3 N–H and O–H groups in total. The Morgan fingerprint density at radius 2 is 1.96 bits per heavy atom. The fourth-order valence-electron chi connectivity index (χ4n) is 2.63. The van der Waals surface area contributed by atoms with Crippen molar-refractivity contribution in [2.75, 3.05) is 6.54 Å². The molecule has 1 aliphatic heterocycles. The van der Waals surface area contributed by atoms with E-state index in [0.29, 0.717) is 18.8 Å². The van der Waals surface area contributed by atoms with Crippen molar-refractivity contribution < 1.29 is 14.4 Å². The van der Waals surface area contributed by atoms with Crippen LogP contribution in [0.15, 0.2) is 42.6 Å². The predicted octanol–water partition coefficient (Wildman–Crippen LogP) is 0.791. The van der Waals surface area contributed by atoms with Crippen LogP contribution in [0.1, 0.15) is 18.7 Å². The number of imide groups is 1. The van der Waals surface area contributed by atoms with Gasteiger partial charge in [0.25, 0.3) is 5.91 Å². The minimum absolute atomic E-state index is 0.156. The topological polar surface area (TPSA) is 113 Å². The van der Waals surface area contributed by atoms with E-state index in [2.05, 4.69) is 25.9 Å². The van der Waals surface area contributed by atoms with Gasteiger partial charge in [0.05, 0.1) is 5.69 Å². The molecular weight excluding hydrogens is 334 g/mol. The molecule has 134 valence electrons. The lowest BCUT2D eigenvalue weighted by atomic mass is 10.1. The van der Waals surface area contributed by atoms with E-state index >= 15 is 0 Å². The van der Waals surface area contributed by atoms with Gasteiger partial charge in [-0.2, -0.15) is 0 Å². The van der Waals surface area contributed by atoms with Gasteiger partial charge in [-0.25, -0.2) is 14.8 Å². The van der Waals surface area contributed by atoms with Crippen LogP contribution in [0.4, 0.5) is 4.79 Å². The van der Waals surface area contributed by atoms with E-state index in [1.807, 2.05) is 36.4 Å². The zero-order valence-corrected chi connectivity index (χ0v) is 14.1. The highest BCUT2D eigenvalue weighted by atomic mass is 16.2. The summed E-state index contributed by atoms with van der Waals surface area (Å²) in [6, 6.07) is 10.5. The van der Waals surface area contributed by atoms with Crippen molar-refractivity contribution in [1.82, 2.24) is 25.9 Å². The molecule has 0 bridgehead atoms. The molecule has 3 rings (SSSR count). The molecule has 4 amide bonds. The molecule has 1 aromatic heterocycles. The molecular formula is C18H19N5O3. The number of nitrogens with one attached hydrogen (secondary N) is 3. The molecule has 1 saturated heterocycles. The van der Waals surface area contributed by atoms with Gasteiger partial charge < -0.3 is 10.6 Å². The number of rotatable bonds is 7. The van der Waals surface area contributed by atoms with Crippen molar-refractivity contribution in [3.8, 4) is 11.3 Å². The second-order valence-corrected chi connectivity index (χ2v) is 5.88. The molecule has 0 unspecified atom stereocenters. The van der Waals surface area contributed by atoms with Crippen molar-refractivity contribution in [3.05, 3.63) is 48.4 Å². The highest BCUT2D eigenvalue weighted by Gasteiger charge is 2.29. The summed E-state index contributed by atoms with van der Waals surface area (Å²) >= 11 is 0. The zero-order chi connectivity index (χ0) is 18.4. The van der Waals surface area contributed by atoms with E-state index in [4.69, 9.17) is 0 Å². The minimum Gasteiger partial charge on any atom is -0.356 e. The molecule has 26 heavy (non-hydrogen) atoms. The van der Waals surface area contributed by atoms with Gasteiger partial charge in [0.1, 0.15) is 11.9 Å². The van der Waals surface area contributed by atoms with Crippen molar-refractivity contribution >= 4 is 17.8 Å². The first-order valence-electron chi connectivity index (χ1n) is 8.37. The number of carbonyl (C=O) groups is 3. The summed E-state index contributed by atoms with van der Waals surface area (Å²) in [7, 11) is 0. The maximum atomic E-state index is 11.9. The number of nitrogens with zero attached hydrogens (tertiary/aromatic N) is 2. The Labute approximate surface area is 150 Å². The third-order valence-electron chi connectivity index (χ3n) is 3.96. The standard InChI is InChI=1S/C18H19N5O3/c24-16(7-6-14-17(25)23-18(26)22-14)20-11-9-15-19-10-8-13(21-15)12-4-2-1-3-5-12/h1-5,8,10,14H,6-7,9,11H2,(H,20,24)(H2,22,23,25,26)/t14-/m0/s1. The van der Waals surface area contributed by atoms with Crippen molar-refractivity contribution in [3.63, 3.8) is 0 Å². The Bertz CT molecular complexity index is 809. The number of aromatic nitrogens is 2. The maximum Gasteiger partial charge on any atom is 0.322 e. The quantitative estimate of drug-likeness (QED) is 0.637. The Hall–Kier alpha value is -3.29. The third kappa shape index (κ3) is 4.62. The highest BCUT2D eigenvalue weighted by Crippen LogP contribution is 2.15. The van der Waals surface area contributed by atoms with E-state index < -0.39 is 18.0 Å². The van der Waals surface area contributed by atoms with Gasteiger partial charge in [-0.3, -0.25) is 14.9 Å². The lowest BCUT2D eigenvalue weighted by molar-refractivity contribution is -0.122. The van der Waals surface area contributed by atoms with Crippen molar-refractivity contribution in [2.45, 2.75) is 25.3 Å². The average molecular weight is 353 g/mol. The molecule has 1 aliphatic rings. The second-order valence-electron chi connectivity index (χ2n) is 5.88. The molecule has 1 aromatic carbocycles. The number of hydrogen-bond acceptors (Lipinski definition) is 5. The number of carbonyl (C=O) groups excluding carboxylic acids is 3. The third-order valence-corrected chi connectivity index (χ3v) is 3.96. The highest BCUT2D eigenvalue weighted by molar-refractivity contribution is 6.04. The molecule has 2 heterocycles. The Morgan fingerprint density at radius 3 is 2.69 bits per heavy atom. The summed E-state index contributed by atoms with van der Waals surface area (Å²) in [6.45, 7) is 0.403. The predicted molar refractivity (Wildman–Crippen MR) is 93.9 cm³/mol. The summed E-state index contributed by atoms with van der Waals surface area (Å²) in [5.41, 5.74) is 1.85. The summed E-state index contributed by atoms with van der Waals surface area (Å²) in [6.07, 6.45) is 2.63. The smallest absolute Gasteiger partial charge is 0.322 e. The van der Waals surface area contributed by atoms with E-state index in [9.17, 15) is 14.4 Å². The molecule has 8 nitrogen and oxygen atoms in total. The van der Waals surface area contributed by atoms with Crippen LogP contribution in [0.5, 0.6) is 0 Å². The van der Waals surface area contributed by atoms with Crippen LogP contribution in [0.2, 0.25) is 0 Å². The van der Waals surface area contributed by atoms with Crippen LogP contribution >= 0.6 is 0 Å². The first-order chi connectivity index (χ1) is 12.6. The molecule has 0 radical (unpaired) electrons. The number of hydrogen-bond donors (Lipinski definition) is 3. The first-order valence-corrected chi connectivity index (χ1v) is 8.37. The van der Waals surface area contributed by atoms with Crippen LogP contribution in [-0.4, -0.2) is 40.4 Å². The minimum atomic E-state index is -0.640. The maximum absolute atomic E-state index is 11.9. The first kappa shape index (κ1) is 17.5. The van der Waals surface area contributed by atoms with Gasteiger partial charge in [-0.1, -0.05) is 30.3 Å². The lowest BCUT2D eigenvalue weighted by Crippen LogP contribution is -2.32. The van der Waals surface area contributed by atoms with Crippen LogP contribution in [0.3, 0.4) is 0 Å². The summed E-state index contributed by atoms with van der Waals surface area (Å²) in [4.78, 5) is 43.0. The molecule has 1 fully saturated rings. The van der Waals surface area contributed by atoms with Gasteiger partial charge in [0.2, 0.25) is 5.91 Å². The van der Waals surface area contributed by atoms with E-state index in [0.717, 1.165) is 11.3 Å². The van der Waals surface area contributed by atoms with Gasteiger partial charge in [0.15, 0.2) is 0 Å². The van der Waals surface area contributed by atoms with E-state index in [1.165, 1.54) is 0 Å². The van der Waals surface area contributed by atoms with Gasteiger partial charge in [-0.05, 0) is 12.5 Å². The number of benzene rings is 1. The van der Waals surface area contributed by atoms with Crippen molar-refractivity contribution in [1.29, 1.82) is 0 Å². The number of urea groups is 1. The van der Waals surface area contributed by atoms with Gasteiger partial charge >= 0.3 is 6.03 Å². The van der Waals surface area contributed by atoms with Crippen molar-refractivity contribution in [2.24, 2.45) is 0 Å². The monoisotopic (exact) mass is 353 g/mol. The Morgan fingerprint density at radius 1 is 1.15 bits per heavy atom. The zero-order valence-electron chi connectivity index (χ0n) is 14.1. The van der Waals surface area contributed by atoms with Crippen LogP contribution in [0, 0.1) is 0 Å². The molecule has 1 atom stereocenters. The SMILES string of the molecule is O=C(CC[C@@H]1NC(=O)NC1=O)NCCc1nccc(-c2ccccc2)n1. The Kier molecular flexibility index (Phi) is 5.52. The number of amides is 4. The average Bonchev–Trinajstić information content (AvgIpc) is 2.98. The van der Waals surface area contributed by atoms with Crippen LogP contribution in [-0.2, 0) is 16.0 Å². The van der Waals surface area contributed by atoms with Crippen LogP contribution < -0.4 is 16.0 Å². The van der Waals surface area contributed by atoms with E-state index in [-0.39, 0.29) is 18.7 Å². The molecule has 2 aromatic rings. The normalized spacial score (nSPS) is 16.1. The molecule has 0 aliphatic carbocycles.